The second kappa shape index (κ2) is 7.27. The third kappa shape index (κ3) is 3.35. The van der Waals surface area contributed by atoms with Crippen LogP contribution in [-0.2, 0) is 17.3 Å². The molecule has 3 aromatic rings. The largest absolute Gasteiger partial charge is 0.465 e. The summed E-state index contributed by atoms with van der Waals surface area (Å²) in [7, 11) is 1.20. The molecule has 146 valence electrons. The van der Waals surface area contributed by atoms with Crippen LogP contribution in [0.2, 0.25) is 5.02 Å². The number of hydrogen-bond acceptors (Lipinski definition) is 4. The molecule has 0 N–H and O–H groups in total. The lowest BCUT2D eigenvalue weighted by atomic mass is 10.1. The van der Waals surface area contributed by atoms with Crippen LogP contribution in [0.4, 0.5) is 13.2 Å². The Balaban J connectivity index is 2.27. The number of aryl methyl sites for hydroxylation is 1. The van der Waals surface area contributed by atoms with Gasteiger partial charge in [0.2, 0.25) is 0 Å². The van der Waals surface area contributed by atoms with E-state index in [4.69, 9.17) is 11.6 Å². The van der Waals surface area contributed by atoms with Crippen molar-refractivity contribution in [1.29, 1.82) is 0 Å². The summed E-state index contributed by atoms with van der Waals surface area (Å²) in [6, 6.07) is 7.54. The van der Waals surface area contributed by atoms with Gasteiger partial charge in [0.15, 0.2) is 0 Å². The fourth-order valence-corrected chi connectivity index (χ4v) is 3.18. The summed E-state index contributed by atoms with van der Waals surface area (Å²) in [5.41, 5.74) is -1.03. The molecule has 2 aromatic carbocycles. The van der Waals surface area contributed by atoms with Gasteiger partial charge in [0.1, 0.15) is 0 Å². The first-order valence-electron chi connectivity index (χ1n) is 8.19. The second-order valence-electron chi connectivity index (χ2n) is 5.90. The highest BCUT2D eigenvalue weighted by atomic mass is 35.5. The van der Waals surface area contributed by atoms with Crippen molar-refractivity contribution in [2.75, 3.05) is 7.11 Å². The van der Waals surface area contributed by atoms with Crippen LogP contribution in [0.25, 0.3) is 10.9 Å². The lowest BCUT2D eigenvalue weighted by Gasteiger charge is -2.13. The Morgan fingerprint density at radius 3 is 2.54 bits per heavy atom. The Bertz CT molecular complexity index is 1090. The average Bonchev–Trinajstić information content (AvgIpc) is 3.03. The number of carbonyl (C=O) groups excluding carboxylic acids is 2. The number of nitrogens with zero attached hydrogens (tertiary/aromatic N) is 2. The summed E-state index contributed by atoms with van der Waals surface area (Å²) < 4.78 is 45.7. The van der Waals surface area contributed by atoms with Crippen molar-refractivity contribution in [2.45, 2.75) is 19.5 Å². The van der Waals surface area contributed by atoms with Gasteiger partial charge in [-0.25, -0.2) is 4.79 Å². The van der Waals surface area contributed by atoms with Crippen molar-refractivity contribution in [1.82, 2.24) is 9.78 Å². The summed E-state index contributed by atoms with van der Waals surface area (Å²) in [6.45, 7) is 1.79. The molecule has 0 aliphatic rings. The van der Waals surface area contributed by atoms with Crippen LogP contribution in [-0.4, -0.2) is 28.8 Å². The van der Waals surface area contributed by atoms with E-state index >= 15 is 0 Å². The molecule has 0 saturated carbocycles. The standard InChI is InChI=1S/C19H14ClF3N2O3/c1-3-14-11-8-7-10(18(27)28-2)9-15(11)25(24-14)17(26)16-12(19(21,22)23)5-4-6-13(16)20/h4-9H,3H2,1-2H3. The lowest BCUT2D eigenvalue weighted by Crippen LogP contribution is -2.20. The van der Waals surface area contributed by atoms with Gasteiger partial charge in [-0.2, -0.15) is 23.0 Å². The molecule has 0 amide bonds. The van der Waals surface area contributed by atoms with Gasteiger partial charge in [-0.1, -0.05) is 30.7 Å². The van der Waals surface area contributed by atoms with Gasteiger partial charge in [-0.15, -0.1) is 0 Å². The Labute approximate surface area is 162 Å². The van der Waals surface area contributed by atoms with Crippen molar-refractivity contribution < 1.29 is 27.5 Å². The van der Waals surface area contributed by atoms with Crippen molar-refractivity contribution in [2.24, 2.45) is 0 Å². The topological polar surface area (TPSA) is 61.2 Å². The minimum Gasteiger partial charge on any atom is -0.465 e. The molecule has 0 fully saturated rings. The van der Waals surface area contributed by atoms with Crippen molar-refractivity contribution in [3.63, 3.8) is 0 Å². The van der Waals surface area contributed by atoms with E-state index in [0.29, 0.717) is 17.5 Å². The summed E-state index contributed by atoms with van der Waals surface area (Å²) in [5.74, 6) is -1.68. The first-order valence-corrected chi connectivity index (χ1v) is 8.57. The highest BCUT2D eigenvalue weighted by molar-refractivity contribution is 6.34. The van der Waals surface area contributed by atoms with Crippen LogP contribution >= 0.6 is 11.6 Å². The number of rotatable bonds is 3. The molecule has 1 heterocycles. The highest BCUT2D eigenvalue weighted by Gasteiger charge is 2.37. The molecule has 1 aromatic heterocycles. The number of aromatic nitrogens is 2. The van der Waals surface area contributed by atoms with Gasteiger partial charge in [-0.3, -0.25) is 4.79 Å². The zero-order valence-corrected chi connectivity index (χ0v) is 15.6. The van der Waals surface area contributed by atoms with Gasteiger partial charge in [0.25, 0.3) is 5.91 Å². The Morgan fingerprint density at radius 1 is 1.21 bits per heavy atom. The molecular weight excluding hydrogens is 397 g/mol. The third-order valence-corrected chi connectivity index (χ3v) is 4.55. The smallest absolute Gasteiger partial charge is 0.417 e. The second-order valence-corrected chi connectivity index (χ2v) is 6.31. The third-order valence-electron chi connectivity index (χ3n) is 4.24. The number of esters is 1. The van der Waals surface area contributed by atoms with E-state index < -0.39 is 29.2 Å². The maximum absolute atomic E-state index is 13.4. The summed E-state index contributed by atoms with van der Waals surface area (Å²) in [4.78, 5) is 24.8. The predicted octanol–water partition coefficient (Wildman–Crippen LogP) is 4.75. The van der Waals surface area contributed by atoms with Crippen LogP contribution in [0.3, 0.4) is 0 Å². The zero-order valence-electron chi connectivity index (χ0n) is 14.8. The molecule has 0 saturated heterocycles. The Kier molecular flexibility index (Phi) is 5.16. The molecule has 3 rings (SSSR count). The van der Waals surface area contributed by atoms with Gasteiger partial charge >= 0.3 is 12.1 Å². The molecule has 5 nitrogen and oxygen atoms in total. The summed E-state index contributed by atoms with van der Waals surface area (Å²) in [6.07, 6.45) is -4.34. The predicted molar refractivity (Wildman–Crippen MR) is 96.6 cm³/mol. The van der Waals surface area contributed by atoms with E-state index in [1.54, 1.807) is 13.0 Å². The molecule has 0 aliphatic carbocycles. The molecule has 0 aliphatic heterocycles. The number of hydrogen-bond donors (Lipinski definition) is 0. The monoisotopic (exact) mass is 410 g/mol. The molecule has 9 heteroatoms. The molecule has 0 bridgehead atoms. The van der Waals surface area contributed by atoms with E-state index in [0.717, 1.165) is 16.8 Å². The molecule has 0 unspecified atom stereocenters. The molecule has 0 atom stereocenters. The van der Waals surface area contributed by atoms with Crippen LogP contribution in [0.5, 0.6) is 0 Å². The number of benzene rings is 2. The maximum Gasteiger partial charge on any atom is 0.417 e. The van der Waals surface area contributed by atoms with E-state index in [2.05, 4.69) is 9.84 Å². The van der Waals surface area contributed by atoms with E-state index in [1.807, 2.05) is 0 Å². The normalized spacial score (nSPS) is 11.6. The minimum absolute atomic E-state index is 0.141. The summed E-state index contributed by atoms with van der Waals surface area (Å²) >= 11 is 5.94. The fourth-order valence-electron chi connectivity index (χ4n) is 2.92. The highest BCUT2D eigenvalue weighted by Crippen LogP contribution is 2.36. The fraction of sp³-hybridized carbons (Fsp3) is 0.211. The average molecular weight is 411 g/mol. The van der Waals surface area contributed by atoms with Gasteiger partial charge in [0.05, 0.1) is 40.0 Å². The van der Waals surface area contributed by atoms with E-state index in [1.165, 1.54) is 25.3 Å². The SMILES string of the molecule is CCc1nn(C(=O)c2c(Cl)cccc2C(F)(F)F)c2cc(C(=O)OC)ccc12. The minimum atomic E-state index is -4.77. The van der Waals surface area contributed by atoms with Crippen LogP contribution in [0.1, 0.15) is 38.9 Å². The number of halogens is 4. The lowest BCUT2D eigenvalue weighted by molar-refractivity contribution is -0.137. The van der Waals surface area contributed by atoms with Crippen LogP contribution in [0, 0.1) is 0 Å². The molecule has 0 radical (unpaired) electrons. The quantitative estimate of drug-likeness (QED) is 0.585. The van der Waals surface area contributed by atoms with Gasteiger partial charge in [-0.05, 0) is 30.7 Å². The van der Waals surface area contributed by atoms with Crippen LogP contribution < -0.4 is 0 Å². The maximum atomic E-state index is 13.4. The van der Waals surface area contributed by atoms with Gasteiger partial charge in [0, 0.05) is 5.39 Å². The molecule has 28 heavy (non-hydrogen) atoms. The first kappa shape index (κ1) is 19.9. The zero-order chi connectivity index (χ0) is 20.6. The summed E-state index contributed by atoms with van der Waals surface area (Å²) in [5, 5.41) is 4.37. The van der Waals surface area contributed by atoms with Crippen molar-refractivity contribution in [3.05, 3.63) is 63.8 Å². The number of methoxy groups -OCH3 is 1. The van der Waals surface area contributed by atoms with Crippen LogP contribution in [0.15, 0.2) is 36.4 Å². The van der Waals surface area contributed by atoms with Crippen molar-refractivity contribution >= 4 is 34.4 Å². The van der Waals surface area contributed by atoms with Gasteiger partial charge < -0.3 is 4.74 Å². The molecule has 0 spiro atoms. The Hall–Kier alpha value is -2.87. The molecular formula is C19H14ClF3N2O3. The number of alkyl halides is 3. The van der Waals surface area contributed by atoms with E-state index in [9.17, 15) is 22.8 Å². The number of carbonyl (C=O) groups is 2. The first-order chi connectivity index (χ1) is 13.2. The van der Waals surface area contributed by atoms with Crippen molar-refractivity contribution in [3.8, 4) is 0 Å². The van der Waals surface area contributed by atoms with E-state index in [-0.39, 0.29) is 16.1 Å². The number of ether oxygens (including phenoxy) is 1. The Morgan fingerprint density at radius 2 is 1.93 bits per heavy atom. The number of fused-ring (bicyclic) bond motifs is 1.